The number of nitrogens with one attached hydrogen (secondary N) is 2. The summed E-state index contributed by atoms with van der Waals surface area (Å²) < 4.78 is 1.14. The van der Waals surface area contributed by atoms with Crippen molar-refractivity contribution in [2.75, 3.05) is 31.7 Å². The minimum absolute atomic E-state index is 0.124. The molecule has 1 aliphatic rings. The smallest absolute Gasteiger partial charge is 0.321 e. The van der Waals surface area contributed by atoms with Gasteiger partial charge in [0.1, 0.15) is 0 Å². The molecule has 1 saturated carbocycles. The number of hydrogen-bond donors (Lipinski definition) is 2. The van der Waals surface area contributed by atoms with Gasteiger partial charge in [-0.3, -0.25) is 5.32 Å². The number of carbonyl (C=O) groups is 1. The van der Waals surface area contributed by atoms with E-state index in [9.17, 15) is 4.79 Å². The van der Waals surface area contributed by atoms with E-state index in [0.717, 1.165) is 29.3 Å². The Balaban J connectivity index is 1.72. The zero-order chi connectivity index (χ0) is 15.1. The number of anilines is 1. The van der Waals surface area contributed by atoms with Gasteiger partial charge in [0.15, 0.2) is 5.13 Å². The van der Waals surface area contributed by atoms with Crippen LogP contribution in [0.3, 0.4) is 0 Å². The highest BCUT2D eigenvalue weighted by atomic mass is 32.2. The predicted octanol–water partition coefficient (Wildman–Crippen LogP) is 3.25. The van der Waals surface area contributed by atoms with Gasteiger partial charge in [-0.25, -0.2) is 9.78 Å². The van der Waals surface area contributed by atoms with Gasteiger partial charge in [0, 0.05) is 18.3 Å². The van der Waals surface area contributed by atoms with Crippen LogP contribution >= 0.6 is 23.1 Å². The Hall–Kier alpha value is -0.790. The van der Waals surface area contributed by atoms with Crippen molar-refractivity contribution in [1.82, 2.24) is 15.2 Å². The largest absolute Gasteiger partial charge is 0.335 e. The summed E-state index contributed by atoms with van der Waals surface area (Å²) in [4.78, 5) is 18.3. The molecule has 1 aromatic rings. The molecule has 7 heteroatoms. The summed E-state index contributed by atoms with van der Waals surface area (Å²) in [5.74, 6) is 1.03. The Bertz CT molecular complexity index is 444. The van der Waals surface area contributed by atoms with E-state index in [0.29, 0.717) is 11.2 Å². The fourth-order valence-electron chi connectivity index (χ4n) is 2.28. The van der Waals surface area contributed by atoms with Crippen molar-refractivity contribution >= 4 is 34.3 Å². The molecule has 2 rings (SSSR count). The molecular formula is C14H24N4OS2. The molecule has 118 valence electrons. The molecule has 5 nitrogen and oxygen atoms in total. The molecule has 0 spiro atoms. The number of urea groups is 1. The number of nitrogens with zero attached hydrogens (tertiary/aromatic N) is 2. The molecule has 0 aromatic carbocycles. The van der Waals surface area contributed by atoms with Crippen LogP contribution in [-0.2, 0) is 0 Å². The third kappa shape index (κ3) is 6.23. The van der Waals surface area contributed by atoms with Crippen molar-refractivity contribution in [3.8, 4) is 0 Å². The summed E-state index contributed by atoms with van der Waals surface area (Å²) in [5.41, 5.74) is 0. The summed E-state index contributed by atoms with van der Waals surface area (Å²) in [6, 6.07) is 0.203. The summed E-state index contributed by atoms with van der Waals surface area (Å²) in [6.07, 6.45) is 7.75. The molecule has 21 heavy (non-hydrogen) atoms. The van der Waals surface area contributed by atoms with E-state index in [1.165, 1.54) is 30.6 Å². The fraction of sp³-hybridized carbons (Fsp3) is 0.714. The number of rotatable bonds is 6. The maximum atomic E-state index is 11.9. The molecule has 2 N–H and O–H groups in total. The van der Waals surface area contributed by atoms with Crippen molar-refractivity contribution < 1.29 is 4.79 Å². The number of carbonyl (C=O) groups excluding carboxylic acids is 1. The van der Waals surface area contributed by atoms with Crippen LogP contribution in [0.1, 0.15) is 32.1 Å². The summed E-state index contributed by atoms with van der Waals surface area (Å²) in [5, 5.41) is 6.56. The molecule has 0 radical (unpaired) electrons. The van der Waals surface area contributed by atoms with Gasteiger partial charge in [0.05, 0.1) is 10.4 Å². The number of aromatic nitrogens is 1. The molecule has 0 bridgehead atoms. The molecule has 1 aliphatic carbocycles. The fourth-order valence-corrected chi connectivity index (χ4v) is 4.33. The molecule has 0 saturated heterocycles. The molecular weight excluding hydrogens is 304 g/mol. The van der Waals surface area contributed by atoms with Crippen LogP contribution in [0, 0.1) is 0 Å². The minimum atomic E-state index is -0.124. The van der Waals surface area contributed by atoms with Gasteiger partial charge in [-0.2, -0.15) is 0 Å². The Labute approximate surface area is 134 Å². The van der Waals surface area contributed by atoms with Crippen molar-refractivity contribution in [3.63, 3.8) is 0 Å². The van der Waals surface area contributed by atoms with E-state index in [1.54, 1.807) is 11.8 Å². The first-order chi connectivity index (χ1) is 10.1. The highest BCUT2D eigenvalue weighted by Crippen LogP contribution is 2.28. The van der Waals surface area contributed by atoms with Gasteiger partial charge in [-0.15, -0.1) is 11.8 Å². The van der Waals surface area contributed by atoms with Gasteiger partial charge in [-0.05, 0) is 26.9 Å². The average molecular weight is 329 g/mol. The van der Waals surface area contributed by atoms with Gasteiger partial charge in [-0.1, -0.05) is 30.6 Å². The Morgan fingerprint density at radius 2 is 2.19 bits per heavy atom. The molecule has 1 fully saturated rings. The Kier molecular flexibility index (Phi) is 6.79. The number of amides is 2. The lowest BCUT2D eigenvalue weighted by Crippen LogP contribution is -2.38. The molecule has 0 atom stereocenters. The summed E-state index contributed by atoms with van der Waals surface area (Å²) in [7, 11) is 4.13. The first-order valence-electron chi connectivity index (χ1n) is 7.44. The predicted molar refractivity (Wildman–Crippen MR) is 90.4 cm³/mol. The molecule has 0 aliphatic heterocycles. The van der Waals surface area contributed by atoms with Crippen molar-refractivity contribution in [1.29, 1.82) is 0 Å². The molecule has 1 aromatic heterocycles. The van der Waals surface area contributed by atoms with E-state index >= 15 is 0 Å². The zero-order valence-corrected chi connectivity index (χ0v) is 14.4. The lowest BCUT2D eigenvalue weighted by atomic mass is 9.96. The second-order valence-corrected chi connectivity index (χ2v) is 8.00. The van der Waals surface area contributed by atoms with E-state index < -0.39 is 0 Å². The lowest BCUT2D eigenvalue weighted by Gasteiger charge is -2.22. The van der Waals surface area contributed by atoms with Crippen LogP contribution in [0.2, 0.25) is 0 Å². The normalized spacial score (nSPS) is 16.1. The van der Waals surface area contributed by atoms with Gasteiger partial charge in [0.25, 0.3) is 0 Å². The van der Waals surface area contributed by atoms with E-state index in [2.05, 4.69) is 34.6 Å². The number of hydrogen-bond acceptors (Lipinski definition) is 5. The van der Waals surface area contributed by atoms with Crippen LogP contribution < -0.4 is 10.6 Å². The molecule has 2 amide bonds. The van der Waals surface area contributed by atoms with Gasteiger partial charge >= 0.3 is 6.03 Å². The summed E-state index contributed by atoms with van der Waals surface area (Å²) >= 11 is 3.31. The average Bonchev–Trinajstić information content (AvgIpc) is 2.86. The summed E-state index contributed by atoms with van der Waals surface area (Å²) in [6.45, 7) is 1.04. The van der Waals surface area contributed by atoms with Crippen LogP contribution in [0.5, 0.6) is 0 Å². The standard InChI is InChI=1S/C14H24N4OS2/c1-18(2)8-9-20-12-10-15-14(21-12)17-13(19)16-11-6-4-3-5-7-11/h10-11H,3-9H2,1-2H3,(H2,15,16,17,19). The van der Waals surface area contributed by atoms with Crippen molar-refractivity contribution in [2.24, 2.45) is 0 Å². The molecule has 0 unspecified atom stereocenters. The number of thiazole rings is 1. The third-order valence-electron chi connectivity index (χ3n) is 3.43. The minimum Gasteiger partial charge on any atom is -0.335 e. The van der Waals surface area contributed by atoms with Crippen molar-refractivity contribution in [2.45, 2.75) is 42.4 Å². The van der Waals surface area contributed by atoms with Crippen LogP contribution in [0.4, 0.5) is 9.93 Å². The quantitative estimate of drug-likeness (QED) is 0.787. The first kappa shape index (κ1) is 16.6. The zero-order valence-electron chi connectivity index (χ0n) is 12.7. The van der Waals surface area contributed by atoms with Crippen LogP contribution in [-0.4, -0.2) is 48.3 Å². The Morgan fingerprint density at radius 1 is 1.43 bits per heavy atom. The van der Waals surface area contributed by atoms with Crippen LogP contribution in [0.25, 0.3) is 0 Å². The molecule has 1 heterocycles. The maximum Gasteiger partial charge on any atom is 0.321 e. The maximum absolute atomic E-state index is 11.9. The Morgan fingerprint density at radius 3 is 2.90 bits per heavy atom. The van der Waals surface area contributed by atoms with E-state index in [4.69, 9.17) is 0 Å². The topological polar surface area (TPSA) is 57.3 Å². The second-order valence-electron chi connectivity index (χ2n) is 5.57. The number of thioether (sulfide) groups is 1. The second kappa shape index (κ2) is 8.60. The highest BCUT2D eigenvalue weighted by molar-refractivity contribution is 8.01. The van der Waals surface area contributed by atoms with Gasteiger partial charge in [0.2, 0.25) is 0 Å². The highest BCUT2D eigenvalue weighted by Gasteiger charge is 2.16. The first-order valence-corrected chi connectivity index (χ1v) is 9.24. The van der Waals surface area contributed by atoms with Gasteiger partial charge < -0.3 is 10.2 Å². The third-order valence-corrected chi connectivity index (χ3v) is 5.52. The van der Waals surface area contributed by atoms with E-state index in [1.807, 2.05) is 6.20 Å². The lowest BCUT2D eigenvalue weighted by molar-refractivity contribution is 0.244. The van der Waals surface area contributed by atoms with E-state index in [-0.39, 0.29) is 6.03 Å². The monoisotopic (exact) mass is 328 g/mol. The van der Waals surface area contributed by atoms with Crippen molar-refractivity contribution in [3.05, 3.63) is 6.20 Å². The SMILES string of the molecule is CN(C)CCSc1cnc(NC(=O)NC2CCCCC2)s1. The van der Waals surface area contributed by atoms with Crippen LogP contribution in [0.15, 0.2) is 10.4 Å².